The van der Waals surface area contributed by atoms with Crippen molar-refractivity contribution < 1.29 is 36.6 Å². The molecule has 0 radical (unpaired) electrons. The number of methoxy groups -OCH3 is 1. The molecule has 1 aromatic heterocycles. The average Bonchev–Trinajstić information content (AvgIpc) is 3.29. The van der Waals surface area contributed by atoms with Crippen molar-refractivity contribution in [1.29, 1.82) is 0 Å². The Morgan fingerprint density at radius 1 is 1.02 bits per heavy atom. The van der Waals surface area contributed by atoms with Gasteiger partial charge in [-0.3, -0.25) is 4.79 Å². The van der Waals surface area contributed by atoms with Gasteiger partial charge in [-0.15, -0.1) is 5.10 Å². The Labute approximate surface area is 240 Å². The Kier molecular flexibility index (Phi) is 9.19. The molecule has 1 amide bonds. The molecule has 222 valence electrons. The van der Waals surface area contributed by atoms with Gasteiger partial charge in [0.25, 0.3) is 5.91 Å². The van der Waals surface area contributed by atoms with Crippen LogP contribution in [0.25, 0.3) is 10.9 Å². The number of nitrogens with one attached hydrogen (secondary N) is 2. The van der Waals surface area contributed by atoms with Crippen LogP contribution in [0.3, 0.4) is 0 Å². The van der Waals surface area contributed by atoms with Gasteiger partial charge < -0.3 is 25.4 Å². The van der Waals surface area contributed by atoms with Crippen molar-refractivity contribution in [3.8, 4) is 0 Å². The minimum atomic E-state index is -4.42. The molecule has 4 rings (SSSR count). The van der Waals surface area contributed by atoms with Crippen LogP contribution in [0, 0.1) is 11.6 Å². The summed E-state index contributed by atoms with van der Waals surface area (Å²) in [6, 6.07) is 10.5. The molecule has 4 aromatic rings. The third kappa shape index (κ3) is 6.73. The van der Waals surface area contributed by atoms with E-state index in [1.165, 1.54) is 6.07 Å². The Bertz CT molecular complexity index is 1740. The largest absolute Gasteiger partial charge is 0.463 e. The number of fused-ring (bicyclic) bond motifs is 1. The summed E-state index contributed by atoms with van der Waals surface area (Å²) in [5, 5.41) is 19.4. The van der Waals surface area contributed by atoms with Gasteiger partial charge in [0.1, 0.15) is 11.6 Å². The van der Waals surface area contributed by atoms with E-state index in [1.54, 1.807) is 19.2 Å². The van der Waals surface area contributed by atoms with Crippen molar-refractivity contribution >= 4 is 44.2 Å². The van der Waals surface area contributed by atoms with Crippen LogP contribution in [0.1, 0.15) is 15.9 Å². The Morgan fingerprint density at radius 3 is 2.38 bits per heavy atom. The van der Waals surface area contributed by atoms with E-state index in [-0.39, 0.29) is 27.2 Å². The smallest absolute Gasteiger partial charge is 0.432 e. The molecular weight excluding hydrogens is 572 g/mol. The van der Waals surface area contributed by atoms with Crippen LogP contribution < -0.4 is 10.6 Å². The maximum Gasteiger partial charge on any atom is 0.432 e. The average molecular weight is 602 g/mol. The van der Waals surface area contributed by atoms with Gasteiger partial charge in [0, 0.05) is 37.3 Å². The molecule has 3 aromatic carbocycles. The fraction of sp³-hybridized carbons (Fsp3) is 0.250. The first-order chi connectivity index (χ1) is 19.9. The first kappa shape index (κ1) is 30.6. The van der Waals surface area contributed by atoms with Crippen molar-refractivity contribution in [1.82, 2.24) is 14.7 Å². The van der Waals surface area contributed by atoms with E-state index < -0.39 is 38.4 Å². The summed E-state index contributed by atoms with van der Waals surface area (Å²) in [5.41, 5.74) is 1.71. The summed E-state index contributed by atoms with van der Waals surface area (Å²) in [6.45, 7) is 1.57. The minimum Gasteiger partial charge on any atom is -0.463 e. The predicted octanol–water partition coefficient (Wildman–Crippen LogP) is 4.09. The summed E-state index contributed by atoms with van der Waals surface area (Å²) in [6.07, 6.45) is -0.746. The van der Waals surface area contributed by atoms with Crippen molar-refractivity contribution in [2.75, 3.05) is 51.5 Å². The quantitative estimate of drug-likeness (QED) is 0.217. The number of benzene rings is 3. The molecular formula is C28H29F2N5O6S. The number of hydrogen-bond acceptors (Lipinski definition) is 8. The van der Waals surface area contributed by atoms with Gasteiger partial charge in [-0.25, -0.2) is 22.0 Å². The highest BCUT2D eigenvalue weighted by molar-refractivity contribution is 7.91. The van der Waals surface area contributed by atoms with Crippen molar-refractivity contribution in [2.45, 2.75) is 16.2 Å². The van der Waals surface area contributed by atoms with Crippen molar-refractivity contribution in [3.63, 3.8) is 0 Å². The highest BCUT2D eigenvalue weighted by Crippen LogP contribution is 2.30. The Hall–Kier alpha value is -4.40. The molecule has 0 saturated carbocycles. The lowest BCUT2D eigenvalue weighted by Crippen LogP contribution is -2.18. The van der Waals surface area contributed by atoms with E-state index in [0.717, 1.165) is 30.7 Å². The van der Waals surface area contributed by atoms with E-state index in [0.29, 0.717) is 41.7 Å². The topological polar surface area (TPSA) is 143 Å². The molecule has 3 N–H and O–H groups in total. The van der Waals surface area contributed by atoms with Crippen LogP contribution in [0.5, 0.6) is 0 Å². The minimum absolute atomic E-state index is 0.0137. The second-order valence-electron chi connectivity index (χ2n) is 9.64. The number of halogens is 2. The third-order valence-electron chi connectivity index (χ3n) is 6.32. The van der Waals surface area contributed by atoms with Gasteiger partial charge in [0.05, 0.1) is 27.5 Å². The van der Waals surface area contributed by atoms with Crippen molar-refractivity contribution in [2.24, 2.45) is 0 Å². The molecule has 0 atom stereocenters. The summed E-state index contributed by atoms with van der Waals surface area (Å²) < 4.78 is 59.6. The lowest BCUT2D eigenvalue weighted by Gasteiger charge is -2.15. The lowest BCUT2D eigenvalue weighted by atomic mass is 10.1. The number of anilines is 2. The number of carboxylic acid groups (broad SMARTS) is 1. The molecule has 0 unspecified atom stereocenters. The molecule has 0 bridgehead atoms. The normalized spacial score (nSPS) is 11.7. The Balaban J connectivity index is 1.74. The SMILES string of the molecule is COCCNc1cc(CCN(C)C)ccc1C(=O)Nc1nn(C(=O)O)c2ccc(S(=O)(=O)c3cc(F)cc(F)c3)cc12. The van der Waals surface area contributed by atoms with Crippen LogP contribution >= 0.6 is 0 Å². The van der Waals surface area contributed by atoms with E-state index in [1.807, 2.05) is 25.1 Å². The number of ether oxygens (including phenoxy) is 1. The van der Waals surface area contributed by atoms with Gasteiger partial charge in [0.2, 0.25) is 9.84 Å². The maximum absolute atomic E-state index is 13.8. The van der Waals surface area contributed by atoms with E-state index >= 15 is 0 Å². The molecule has 0 saturated heterocycles. The molecule has 11 nitrogen and oxygen atoms in total. The van der Waals surface area contributed by atoms with E-state index in [4.69, 9.17) is 4.74 Å². The second kappa shape index (κ2) is 12.6. The standard InChI is InChI=1S/C28H29F2N5O6S/c1-34(2)10-8-17-4-6-22(24(12-17)31-9-11-41-3)27(36)32-26-23-16-20(5-7-25(23)35(33-26)28(37)38)42(39,40)21-14-18(29)13-19(30)15-21/h4-7,12-16,31H,8-11H2,1-3H3,(H,37,38)(H,32,33,36). The van der Waals surface area contributed by atoms with Crippen LogP contribution in [0.4, 0.5) is 25.1 Å². The molecule has 0 aliphatic heterocycles. The number of carbonyl (C=O) groups is 2. The van der Waals surface area contributed by atoms with Crippen LogP contribution in [-0.2, 0) is 21.0 Å². The van der Waals surface area contributed by atoms with Crippen LogP contribution in [0.2, 0.25) is 0 Å². The predicted molar refractivity (Wildman–Crippen MR) is 152 cm³/mol. The molecule has 1 heterocycles. The number of carbonyl (C=O) groups excluding carboxylic acids is 1. The zero-order chi connectivity index (χ0) is 30.6. The van der Waals surface area contributed by atoms with Crippen LogP contribution in [0.15, 0.2) is 64.4 Å². The molecule has 0 aliphatic carbocycles. The van der Waals surface area contributed by atoms with Crippen molar-refractivity contribution in [3.05, 3.63) is 77.4 Å². The first-order valence-electron chi connectivity index (χ1n) is 12.7. The number of rotatable bonds is 11. The number of likely N-dealkylation sites (N-methyl/N-ethyl adjacent to an activating group) is 1. The second-order valence-corrected chi connectivity index (χ2v) is 11.6. The fourth-order valence-corrected chi connectivity index (χ4v) is 5.56. The first-order valence-corrected chi connectivity index (χ1v) is 14.2. The summed E-state index contributed by atoms with van der Waals surface area (Å²) >= 11 is 0. The zero-order valence-electron chi connectivity index (χ0n) is 23.0. The Morgan fingerprint density at radius 2 is 1.74 bits per heavy atom. The number of amides is 1. The van der Waals surface area contributed by atoms with E-state index in [9.17, 15) is 31.9 Å². The summed E-state index contributed by atoms with van der Waals surface area (Å²) in [5.74, 6) is -3.02. The van der Waals surface area contributed by atoms with E-state index in [2.05, 4.69) is 15.7 Å². The zero-order valence-corrected chi connectivity index (χ0v) is 23.8. The van der Waals surface area contributed by atoms with Gasteiger partial charge in [0.15, 0.2) is 5.82 Å². The third-order valence-corrected chi connectivity index (χ3v) is 8.05. The van der Waals surface area contributed by atoms with Gasteiger partial charge >= 0.3 is 6.09 Å². The molecule has 0 aliphatic rings. The monoisotopic (exact) mass is 601 g/mol. The lowest BCUT2D eigenvalue weighted by molar-refractivity contribution is 0.102. The van der Waals surface area contributed by atoms with Gasteiger partial charge in [-0.1, -0.05) is 6.07 Å². The molecule has 0 spiro atoms. The number of sulfone groups is 1. The summed E-state index contributed by atoms with van der Waals surface area (Å²) in [7, 11) is 1.03. The number of hydrogen-bond donors (Lipinski definition) is 3. The fourth-order valence-electron chi connectivity index (χ4n) is 4.23. The van der Waals surface area contributed by atoms with Gasteiger partial charge in [-0.05, 0) is 68.5 Å². The maximum atomic E-state index is 13.8. The number of aromatic nitrogens is 2. The molecule has 42 heavy (non-hydrogen) atoms. The summed E-state index contributed by atoms with van der Waals surface area (Å²) in [4.78, 5) is 26.3. The highest BCUT2D eigenvalue weighted by Gasteiger charge is 2.24. The van der Waals surface area contributed by atoms with Gasteiger partial charge in [-0.2, -0.15) is 4.68 Å². The number of nitrogens with zero attached hydrogens (tertiary/aromatic N) is 3. The van der Waals surface area contributed by atoms with Crippen LogP contribution in [-0.4, -0.2) is 81.1 Å². The molecule has 14 heteroatoms. The highest BCUT2D eigenvalue weighted by atomic mass is 32.2. The molecule has 0 fully saturated rings.